The predicted molar refractivity (Wildman–Crippen MR) is 124 cm³/mol. The van der Waals surface area contributed by atoms with E-state index < -0.39 is 0 Å². The normalized spacial score (nSPS) is 18.8. The van der Waals surface area contributed by atoms with Gasteiger partial charge in [-0.1, -0.05) is 0 Å². The van der Waals surface area contributed by atoms with Gasteiger partial charge in [-0.25, -0.2) is 0 Å². The predicted octanol–water partition coefficient (Wildman–Crippen LogP) is 3.35. The molecule has 30 heavy (non-hydrogen) atoms. The van der Waals surface area contributed by atoms with Crippen LogP contribution in [0, 0.1) is 13.8 Å². The Labute approximate surface area is 183 Å². The zero-order chi connectivity index (χ0) is 21.4. The molecule has 2 aliphatic rings. The number of aryl methyl sites for hydroxylation is 1. The number of rotatable bonds is 4. The molecule has 0 radical (unpaired) electrons. The number of carbonyl (C=O) groups is 1. The molecule has 0 saturated carbocycles. The van der Waals surface area contributed by atoms with Crippen LogP contribution in [0.2, 0.25) is 0 Å². The molecule has 0 N–H and O–H groups in total. The van der Waals surface area contributed by atoms with E-state index in [-0.39, 0.29) is 5.91 Å². The van der Waals surface area contributed by atoms with Crippen LogP contribution in [0.5, 0.6) is 0 Å². The summed E-state index contributed by atoms with van der Waals surface area (Å²) in [4.78, 5) is 18.5. The van der Waals surface area contributed by atoms with E-state index in [2.05, 4.69) is 53.6 Å². The zero-order valence-electron chi connectivity index (χ0n) is 18.0. The van der Waals surface area contributed by atoms with Crippen LogP contribution < -0.4 is 4.90 Å². The van der Waals surface area contributed by atoms with Gasteiger partial charge in [0.25, 0.3) is 5.91 Å². The summed E-state index contributed by atoms with van der Waals surface area (Å²) in [6.45, 7) is 10.1. The van der Waals surface area contributed by atoms with Crippen molar-refractivity contribution in [3.05, 3.63) is 53.0 Å². The van der Waals surface area contributed by atoms with Crippen molar-refractivity contribution in [3.63, 3.8) is 0 Å². The fourth-order valence-electron chi connectivity index (χ4n) is 4.20. The molecule has 2 aromatic rings. The van der Waals surface area contributed by atoms with E-state index in [4.69, 9.17) is 17.0 Å². The Balaban J connectivity index is 1.64. The molecular formula is C23H28N4O2S. The topological polar surface area (TPSA) is 41.0 Å². The lowest BCUT2D eigenvalue weighted by molar-refractivity contribution is -0.122. The fourth-order valence-corrected chi connectivity index (χ4v) is 4.51. The number of hydrogen-bond donors (Lipinski definition) is 0. The van der Waals surface area contributed by atoms with E-state index in [1.807, 2.05) is 20.0 Å². The highest BCUT2D eigenvalue weighted by molar-refractivity contribution is 7.80. The van der Waals surface area contributed by atoms with Crippen LogP contribution >= 0.6 is 12.2 Å². The minimum atomic E-state index is -0.0373. The Morgan fingerprint density at radius 3 is 2.33 bits per heavy atom. The molecule has 1 amide bonds. The van der Waals surface area contributed by atoms with Gasteiger partial charge in [0.1, 0.15) is 5.70 Å². The van der Waals surface area contributed by atoms with Gasteiger partial charge in [0, 0.05) is 49.4 Å². The number of nitrogens with zero attached hydrogens (tertiary/aromatic N) is 4. The number of carbonyl (C=O) groups excluding carboxylic acids is 1. The van der Waals surface area contributed by atoms with Crippen molar-refractivity contribution in [2.45, 2.75) is 20.8 Å². The largest absolute Gasteiger partial charge is 0.378 e. The molecule has 0 bridgehead atoms. The zero-order valence-corrected chi connectivity index (χ0v) is 18.8. The first kappa shape index (κ1) is 20.6. The Bertz CT molecular complexity index is 1000. The highest BCUT2D eigenvalue weighted by atomic mass is 32.1. The maximum atomic E-state index is 12.7. The summed E-state index contributed by atoms with van der Waals surface area (Å²) in [7, 11) is 1.85. The van der Waals surface area contributed by atoms with Gasteiger partial charge in [-0.2, -0.15) is 0 Å². The first-order valence-electron chi connectivity index (χ1n) is 10.4. The number of ether oxygens (including phenoxy) is 1. The molecule has 2 saturated heterocycles. The lowest BCUT2D eigenvalue weighted by Crippen LogP contribution is -2.36. The summed E-state index contributed by atoms with van der Waals surface area (Å²) in [5, 5.41) is 0.557. The van der Waals surface area contributed by atoms with Gasteiger partial charge in [-0.05, 0) is 75.0 Å². The van der Waals surface area contributed by atoms with E-state index in [0.717, 1.165) is 48.9 Å². The van der Waals surface area contributed by atoms with Crippen LogP contribution in [0.1, 0.15) is 23.9 Å². The summed E-state index contributed by atoms with van der Waals surface area (Å²) < 4.78 is 7.68. The van der Waals surface area contributed by atoms with Gasteiger partial charge in [0.05, 0.1) is 13.2 Å². The average molecular weight is 425 g/mol. The second-order valence-electron chi connectivity index (χ2n) is 7.70. The van der Waals surface area contributed by atoms with Crippen LogP contribution in [0.15, 0.2) is 36.0 Å². The van der Waals surface area contributed by atoms with Gasteiger partial charge in [-0.15, -0.1) is 0 Å². The highest BCUT2D eigenvalue weighted by Gasteiger charge is 2.34. The summed E-state index contributed by atoms with van der Waals surface area (Å²) in [5.41, 5.74) is 6.20. The fraction of sp³-hybridized carbons (Fsp3) is 0.391. The average Bonchev–Trinajstić information content (AvgIpc) is 3.15. The summed E-state index contributed by atoms with van der Waals surface area (Å²) in [6, 6.07) is 10.8. The molecule has 2 aliphatic heterocycles. The Kier molecular flexibility index (Phi) is 5.66. The maximum absolute atomic E-state index is 12.7. The number of anilines is 1. The Morgan fingerprint density at radius 2 is 1.73 bits per heavy atom. The Morgan fingerprint density at radius 1 is 1.10 bits per heavy atom. The van der Waals surface area contributed by atoms with Crippen molar-refractivity contribution < 1.29 is 9.53 Å². The van der Waals surface area contributed by atoms with Crippen LogP contribution in [-0.4, -0.2) is 65.3 Å². The molecule has 0 unspecified atom stereocenters. The molecule has 6 nitrogen and oxygen atoms in total. The molecule has 158 valence electrons. The number of benzene rings is 1. The van der Waals surface area contributed by atoms with Crippen molar-refractivity contribution in [1.82, 2.24) is 14.4 Å². The van der Waals surface area contributed by atoms with Crippen molar-refractivity contribution in [1.29, 1.82) is 0 Å². The number of amides is 1. The number of aromatic nitrogens is 1. The SMILES string of the molecule is CCN1C(=O)/C(=C/c2cc(C)n(-c3ccc(N4CCOCC4)cc3)c2C)N(C)C1=S. The number of hydrogen-bond acceptors (Lipinski definition) is 4. The van der Waals surface area contributed by atoms with Gasteiger partial charge in [0.2, 0.25) is 0 Å². The molecule has 7 heteroatoms. The first-order chi connectivity index (χ1) is 14.4. The van der Waals surface area contributed by atoms with Gasteiger partial charge in [0.15, 0.2) is 5.11 Å². The van der Waals surface area contributed by atoms with E-state index in [9.17, 15) is 4.79 Å². The molecule has 4 rings (SSSR count). The number of morpholine rings is 1. The molecule has 2 fully saturated rings. The van der Waals surface area contributed by atoms with Crippen molar-refractivity contribution in [2.75, 3.05) is 44.8 Å². The van der Waals surface area contributed by atoms with Crippen LogP contribution in [0.25, 0.3) is 11.8 Å². The van der Waals surface area contributed by atoms with Gasteiger partial charge >= 0.3 is 0 Å². The van der Waals surface area contributed by atoms with E-state index >= 15 is 0 Å². The second kappa shape index (κ2) is 8.24. The minimum Gasteiger partial charge on any atom is -0.378 e. The van der Waals surface area contributed by atoms with Crippen molar-refractivity contribution >= 4 is 35.0 Å². The number of thiocarbonyl (C=S) groups is 1. The summed E-state index contributed by atoms with van der Waals surface area (Å²) in [6.07, 6.45) is 1.95. The number of likely N-dealkylation sites (N-methyl/N-ethyl adjacent to an activating group) is 2. The molecule has 3 heterocycles. The van der Waals surface area contributed by atoms with Gasteiger partial charge in [-0.3, -0.25) is 9.69 Å². The lowest BCUT2D eigenvalue weighted by atomic mass is 10.2. The van der Waals surface area contributed by atoms with Crippen molar-refractivity contribution in [3.8, 4) is 5.69 Å². The molecule has 0 spiro atoms. The second-order valence-corrected chi connectivity index (χ2v) is 8.06. The van der Waals surface area contributed by atoms with E-state index in [1.165, 1.54) is 5.69 Å². The van der Waals surface area contributed by atoms with Crippen LogP contribution in [-0.2, 0) is 9.53 Å². The summed E-state index contributed by atoms with van der Waals surface area (Å²) >= 11 is 5.41. The lowest BCUT2D eigenvalue weighted by Gasteiger charge is -2.29. The van der Waals surface area contributed by atoms with Gasteiger partial charge < -0.3 is 19.1 Å². The third kappa shape index (κ3) is 3.52. The third-order valence-electron chi connectivity index (χ3n) is 5.91. The van der Waals surface area contributed by atoms with Crippen molar-refractivity contribution in [2.24, 2.45) is 0 Å². The monoisotopic (exact) mass is 424 g/mol. The third-order valence-corrected chi connectivity index (χ3v) is 6.40. The molecule has 1 aromatic carbocycles. The molecular weight excluding hydrogens is 396 g/mol. The maximum Gasteiger partial charge on any atom is 0.276 e. The minimum absolute atomic E-state index is 0.0373. The van der Waals surface area contributed by atoms with E-state index in [0.29, 0.717) is 17.4 Å². The summed E-state index contributed by atoms with van der Waals surface area (Å²) in [5.74, 6) is -0.0373. The highest BCUT2D eigenvalue weighted by Crippen LogP contribution is 2.28. The molecule has 0 aliphatic carbocycles. The molecule has 0 atom stereocenters. The van der Waals surface area contributed by atoms with Crippen LogP contribution in [0.4, 0.5) is 5.69 Å². The quantitative estimate of drug-likeness (QED) is 0.556. The molecule has 1 aromatic heterocycles. The Hall–Kier alpha value is -2.64. The van der Waals surface area contributed by atoms with E-state index in [1.54, 1.807) is 9.80 Å². The standard InChI is InChI=1S/C23H28N4O2S/c1-5-26-22(28)21(24(4)23(26)30)15-18-14-16(2)27(17(18)3)20-8-6-19(7-9-20)25-10-12-29-13-11-25/h6-9,14-15H,5,10-13H2,1-4H3/b21-15-. The first-order valence-corrected chi connectivity index (χ1v) is 10.8. The smallest absolute Gasteiger partial charge is 0.276 e. The van der Waals surface area contributed by atoms with Crippen LogP contribution in [0.3, 0.4) is 0 Å².